The molecule has 1 aliphatic heterocycles. The summed E-state index contributed by atoms with van der Waals surface area (Å²) in [5, 5.41) is 1.02. The molecular weight excluding hydrogens is 320 g/mol. The highest BCUT2D eigenvalue weighted by Crippen LogP contribution is 2.25. The highest BCUT2D eigenvalue weighted by atomic mass is 32.1. The number of hydrogen-bond donors (Lipinski definition) is 2. The SMILES string of the molecule is Cc1nc(CC(=O)N(C)CC2CNNC2c2ccccc2)c(C)s1. The molecule has 3 rings (SSSR count). The van der Waals surface area contributed by atoms with Crippen LogP contribution in [0.15, 0.2) is 30.3 Å². The van der Waals surface area contributed by atoms with Crippen molar-refractivity contribution in [2.75, 3.05) is 20.1 Å². The number of benzene rings is 1. The Morgan fingerprint density at radius 3 is 2.75 bits per heavy atom. The molecule has 1 aliphatic rings. The Labute approximate surface area is 147 Å². The normalized spacial score (nSPS) is 20.3. The van der Waals surface area contributed by atoms with E-state index < -0.39 is 0 Å². The molecule has 2 heterocycles. The Morgan fingerprint density at radius 2 is 2.08 bits per heavy atom. The van der Waals surface area contributed by atoms with Crippen LogP contribution in [0.5, 0.6) is 0 Å². The molecule has 2 unspecified atom stereocenters. The fourth-order valence-electron chi connectivity index (χ4n) is 3.19. The van der Waals surface area contributed by atoms with E-state index in [1.165, 1.54) is 5.56 Å². The summed E-state index contributed by atoms with van der Waals surface area (Å²) in [4.78, 5) is 20.0. The predicted molar refractivity (Wildman–Crippen MR) is 96.7 cm³/mol. The van der Waals surface area contributed by atoms with Gasteiger partial charge in [0.15, 0.2) is 0 Å². The Balaban J connectivity index is 1.62. The third-order valence-electron chi connectivity index (χ3n) is 4.50. The van der Waals surface area contributed by atoms with Crippen molar-refractivity contribution in [1.29, 1.82) is 0 Å². The van der Waals surface area contributed by atoms with E-state index in [-0.39, 0.29) is 11.9 Å². The van der Waals surface area contributed by atoms with Gasteiger partial charge in [-0.1, -0.05) is 30.3 Å². The summed E-state index contributed by atoms with van der Waals surface area (Å²) in [5.41, 5.74) is 8.72. The second-order valence-corrected chi connectivity index (χ2v) is 7.77. The van der Waals surface area contributed by atoms with Crippen LogP contribution < -0.4 is 10.9 Å². The van der Waals surface area contributed by atoms with Crippen molar-refractivity contribution in [3.8, 4) is 0 Å². The zero-order chi connectivity index (χ0) is 17.1. The number of thiazole rings is 1. The second-order valence-electron chi connectivity index (χ2n) is 6.36. The third kappa shape index (κ3) is 3.83. The van der Waals surface area contributed by atoms with Gasteiger partial charge in [-0.15, -0.1) is 11.3 Å². The first-order valence-corrected chi connectivity index (χ1v) is 9.06. The fraction of sp³-hybridized carbons (Fsp3) is 0.444. The van der Waals surface area contributed by atoms with Gasteiger partial charge in [-0.25, -0.2) is 10.4 Å². The molecule has 2 N–H and O–H groups in total. The molecule has 1 fully saturated rings. The maximum Gasteiger partial charge on any atom is 0.228 e. The fourth-order valence-corrected chi connectivity index (χ4v) is 4.02. The summed E-state index contributed by atoms with van der Waals surface area (Å²) in [7, 11) is 1.89. The van der Waals surface area contributed by atoms with Crippen molar-refractivity contribution in [3.63, 3.8) is 0 Å². The van der Waals surface area contributed by atoms with Crippen molar-refractivity contribution in [2.45, 2.75) is 26.3 Å². The van der Waals surface area contributed by atoms with E-state index in [9.17, 15) is 4.79 Å². The van der Waals surface area contributed by atoms with Crippen molar-refractivity contribution in [2.24, 2.45) is 5.92 Å². The summed E-state index contributed by atoms with van der Waals surface area (Å²) in [6, 6.07) is 10.6. The van der Waals surface area contributed by atoms with Gasteiger partial charge in [0.1, 0.15) is 0 Å². The Morgan fingerprint density at radius 1 is 1.33 bits per heavy atom. The quantitative estimate of drug-likeness (QED) is 0.873. The summed E-state index contributed by atoms with van der Waals surface area (Å²) >= 11 is 1.65. The first kappa shape index (κ1) is 17.1. The van der Waals surface area contributed by atoms with Crippen molar-refractivity contribution in [3.05, 3.63) is 51.5 Å². The first-order valence-electron chi connectivity index (χ1n) is 8.25. The molecule has 6 heteroatoms. The van der Waals surface area contributed by atoms with Crippen LogP contribution in [-0.2, 0) is 11.2 Å². The Hall–Kier alpha value is -1.76. The van der Waals surface area contributed by atoms with Gasteiger partial charge in [-0.2, -0.15) is 0 Å². The maximum atomic E-state index is 12.6. The molecule has 0 saturated carbocycles. The van der Waals surface area contributed by atoms with Gasteiger partial charge in [-0.05, 0) is 19.4 Å². The lowest BCUT2D eigenvalue weighted by Crippen LogP contribution is -2.35. The third-order valence-corrected chi connectivity index (χ3v) is 5.43. The van der Waals surface area contributed by atoms with Crippen LogP contribution in [0.4, 0.5) is 0 Å². The largest absolute Gasteiger partial charge is 0.345 e. The summed E-state index contributed by atoms with van der Waals surface area (Å²) in [6.45, 7) is 5.59. The van der Waals surface area contributed by atoms with E-state index in [0.717, 1.165) is 28.7 Å². The molecule has 128 valence electrons. The second kappa shape index (κ2) is 7.42. The number of carbonyl (C=O) groups is 1. The smallest absolute Gasteiger partial charge is 0.228 e. The average Bonchev–Trinajstić information content (AvgIpc) is 3.14. The first-order chi connectivity index (χ1) is 11.5. The van der Waals surface area contributed by atoms with Gasteiger partial charge in [0.25, 0.3) is 0 Å². The van der Waals surface area contributed by atoms with Crippen LogP contribution in [0.25, 0.3) is 0 Å². The Kier molecular flexibility index (Phi) is 5.28. The summed E-state index contributed by atoms with van der Waals surface area (Å²) in [6.07, 6.45) is 0.385. The molecule has 2 aromatic rings. The lowest BCUT2D eigenvalue weighted by molar-refractivity contribution is -0.129. The molecular formula is C18H24N4OS. The monoisotopic (exact) mass is 344 g/mol. The van der Waals surface area contributed by atoms with Crippen LogP contribution in [0.3, 0.4) is 0 Å². The standard InChI is InChI=1S/C18H24N4OS/c1-12-16(20-13(2)24-12)9-17(23)22(3)11-15-10-19-21-18(15)14-7-5-4-6-8-14/h4-8,15,18-19,21H,9-11H2,1-3H3. The molecule has 0 bridgehead atoms. The zero-order valence-corrected chi connectivity index (χ0v) is 15.2. The minimum atomic E-state index is 0.127. The number of likely N-dealkylation sites (N-methyl/N-ethyl adjacent to an activating group) is 1. The molecule has 0 spiro atoms. The molecule has 1 aromatic carbocycles. The van der Waals surface area contributed by atoms with Crippen LogP contribution in [0, 0.1) is 19.8 Å². The minimum Gasteiger partial charge on any atom is -0.345 e. The average molecular weight is 344 g/mol. The highest BCUT2D eigenvalue weighted by Gasteiger charge is 2.30. The summed E-state index contributed by atoms with van der Waals surface area (Å²) in [5.74, 6) is 0.474. The Bertz CT molecular complexity index is 700. The topological polar surface area (TPSA) is 57.3 Å². The highest BCUT2D eigenvalue weighted by molar-refractivity contribution is 7.11. The molecule has 0 aliphatic carbocycles. The molecule has 1 saturated heterocycles. The van der Waals surface area contributed by atoms with Gasteiger partial charge in [0, 0.05) is 30.9 Å². The van der Waals surface area contributed by atoms with E-state index in [4.69, 9.17) is 0 Å². The number of carbonyl (C=O) groups excluding carboxylic acids is 1. The predicted octanol–water partition coefficient (Wildman–Crippen LogP) is 2.23. The van der Waals surface area contributed by atoms with Crippen LogP contribution in [0.2, 0.25) is 0 Å². The number of hydrazine groups is 1. The van der Waals surface area contributed by atoms with Gasteiger partial charge in [-0.3, -0.25) is 10.2 Å². The van der Waals surface area contributed by atoms with E-state index in [0.29, 0.717) is 12.3 Å². The minimum absolute atomic E-state index is 0.127. The number of nitrogens with zero attached hydrogens (tertiary/aromatic N) is 2. The molecule has 24 heavy (non-hydrogen) atoms. The van der Waals surface area contributed by atoms with E-state index >= 15 is 0 Å². The van der Waals surface area contributed by atoms with Crippen LogP contribution in [0.1, 0.15) is 27.2 Å². The molecule has 2 atom stereocenters. The van der Waals surface area contributed by atoms with E-state index in [1.807, 2.05) is 31.9 Å². The molecule has 5 nitrogen and oxygen atoms in total. The van der Waals surface area contributed by atoms with Crippen LogP contribution in [-0.4, -0.2) is 35.9 Å². The molecule has 1 amide bonds. The number of rotatable bonds is 5. The van der Waals surface area contributed by atoms with Gasteiger partial charge in [0.05, 0.1) is 23.2 Å². The lowest BCUT2D eigenvalue weighted by atomic mass is 9.94. The van der Waals surface area contributed by atoms with Gasteiger partial charge in [0.2, 0.25) is 5.91 Å². The maximum absolute atomic E-state index is 12.6. The molecule has 0 radical (unpaired) electrons. The van der Waals surface area contributed by atoms with Crippen molar-refractivity contribution >= 4 is 17.2 Å². The number of hydrogen-bond acceptors (Lipinski definition) is 5. The summed E-state index contributed by atoms with van der Waals surface area (Å²) < 4.78 is 0. The van der Waals surface area contributed by atoms with E-state index in [1.54, 1.807) is 11.3 Å². The zero-order valence-electron chi connectivity index (χ0n) is 14.4. The number of amides is 1. The number of aromatic nitrogens is 1. The molecule has 1 aromatic heterocycles. The van der Waals surface area contributed by atoms with Gasteiger partial charge >= 0.3 is 0 Å². The van der Waals surface area contributed by atoms with Crippen LogP contribution >= 0.6 is 11.3 Å². The number of nitrogens with one attached hydrogen (secondary N) is 2. The van der Waals surface area contributed by atoms with Gasteiger partial charge < -0.3 is 4.90 Å². The van der Waals surface area contributed by atoms with Crippen molar-refractivity contribution < 1.29 is 4.79 Å². The lowest BCUT2D eigenvalue weighted by Gasteiger charge is -2.25. The number of aryl methyl sites for hydroxylation is 2. The van der Waals surface area contributed by atoms with E-state index in [2.05, 4.69) is 40.1 Å². The van der Waals surface area contributed by atoms with Crippen molar-refractivity contribution in [1.82, 2.24) is 20.7 Å².